The molecule has 0 saturated heterocycles. The molecule has 2 N–H and O–H groups in total. The van der Waals surface area contributed by atoms with Crippen LogP contribution in [-0.4, -0.2) is 31.9 Å². The Bertz CT molecular complexity index is 840. The maximum Gasteiger partial charge on any atom is 0.233 e. The molecule has 4 aliphatic carbocycles. The van der Waals surface area contributed by atoms with Crippen molar-refractivity contribution in [3.8, 4) is 11.4 Å². The van der Waals surface area contributed by atoms with Gasteiger partial charge in [0.05, 0.1) is 5.25 Å². The normalized spacial score (nSPS) is 31.7. The van der Waals surface area contributed by atoms with Crippen molar-refractivity contribution < 1.29 is 4.79 Å². The fraction of sp³-hybridized carbons (Fsp3) is 0.591. The molecule has 6 rings (SSSR count). The predicted molar refractivity (Wildman–Crippen MR) is 111 cm³/mol. The molecule has 1 amide bonds. The summed E-state index contributed by atoms with van der Waals surface area (Å²) in [5, 5.41) is 11.2. The molecule has 6 heteroatoms. The Morgan fingerprint density at radius 1 is 1.14 bits per heavy atom. The van der Waals surface area contributed by atoms with Gasteiger partial charge in [0.2, 0.25) is 11.1 Å². The topological polar surface area (TPSA) is 70.7 Å². The average molecular weight is 397 g/mol. The van der Waals surface area contributed by atoms with E-state index in [1.54, 1.807) is 0 Å². The fourth-order valence-corrected chi connectivity index (χ4v) is 6.70. The molecule has 0 radical (unpaired) electrons. The zero-order chi connectivity index (χ0) is 19.3. The molecular weight excluding hydrogens is 368 g/mol. The molecule has 1 atom stereocenters. The van der Waals surface area contributed by atoms with E-state index >= 15 is 0 Å². The molecule has 0 spiro atoms. The summed E-state index contributed by atoms with van der Waals surface area (Å²) in [5.74, 6) is 3.38. The van der Waals surface area contributed by atoms with Gasteiger partial charge in [-0.25, -0.2) is 4.98 Å². The molecule has 28 heavy (non-hydrogen) atoms. The highest BCUT2D eigenvalue weighted by molar-refractivity contribution is 8.00. The van der Waals surface area contributed by atoms with E-state index in [2.05, 4.69) is 39.6 Å². The van der Waals surface area contributed by atoms with Gasteiger partial charge < -0.3 is 5.32 Å². The van der Waals surface area contributed by atoms with Gasteiger partial charge in [0, 0.05) is 11.1 Å². The molecule has 4 aliphatic rings. The minimum absolute atomic E-state index is 0.0622. The molecule has 4 bridgehead atoms. The number of benzene rings is 1. The van der Waals surface area contributed by atoms with Gasteiger partial charge in [-0.3, -0.25) is 9.89 Å². The highest BCUT2D eigenvalue weighted by Crippen LogP contribution is 2.55. The van der Waals surface area contributed by atoms with Crippen molar-refractivity contribution in [3.63, 3.8) is 0 Å². The van der Waals surface area contributed by atoms with Gasteiger partial charge in [-0.2, -0.15) is 0 Å². The summed E-state index contributed by atoms with van der Waals surface area (Å²) in [5.41, 5.74) is 2.29. The Hall–Kier alpha value is -1.82. The van der Waals surface area contributed by atoms with Gasteiger partial charge >= 0.3 is 0 Å². The molecule has 1 heterocycles. The summed E-state index contributed by atoms with van der Waals surface area (Å²) in [6, 6.07) is 8.19. The van der Waals surface area contributed by atoms with Crippen LogP contribution in [0.25, 0.3) is 11.4 Å². The number of aromatic nitrogens is 3. The standard InChI is InChI=1S/C22H28N4OS/c1-13-3-5-18(6-4-13)19-23-21(26-25-19)28-14(2)20(27)24-22-10-15-7-16(11-22)9-17(8-15)12-22/h3-6,14-17H,7-12H2,1-2H3,(H,24,27)(H,23,25,26)/t14-,15?,16?,17?,22?/m1/s1. The lowest BCUT2D eigenvalue weighted by Gasteiger charge is -2.57. The van der Waals surface area contributed by atoms with Gasteiger partial charge in [0.25, 0.3) is 0 Å². The number of nitrogens with zero attached hydrogens (tertiary/aromatic N) is 2. The van der Waals surface area contributed by atoms with Crippen LogP contribution in [-0.2, 0) is 4.79 Å². The molecule has 1 aromatic heterocycles. The van der Waals surface area contributed by atoms with E-state index in [1.165, 1.54) is 55.9 Å². The lowest BCUT2D eigenvalue weighted by molar-refractivity contribution is -0.126. The lowest BCUT2D eigenvalue weighted by atomic mass is 9.53. The maximum absolute atomic E-state index is 12.9. The van der Waals surface area contributed by atoms with Crippen molar-refractivity contribution >= 4 is 17.7 Å². The SMILES string of the molecule is Cc1ccc(-c2nc(S[C@H](C)C(=O)NC34CC5CC(CC(C5)C3)C4)n[nH]2)cc1. The first-order valence-corrected chi connectivity index (χ1v) is 11.3. The predicted octanol–water partition coefficient (Wildman–Crippen LogP) is 4.35. The van der Waals surface area contributed by atoms with Crippen molar-refractivity contribution in [3.05, 3.63) is 29.8 Å². The van der Waals surface area contributed by atoms with Crippen molar-refractivity contribution in [1.82, 2.24) is 20.5 Å². The molecule has 2 aromatic rings. The van der Waals surface area contributed by atoms with Crippen LogP contribution in [0, 0.1) is 24.7 Å². The number of hydrogen-bond donors (Lipinski definition) is 2. The molecular formula is C22H28N4OS. The maximum atomic E-state index is 12.9. The van der Waals surface area contributed by atoms with E-state index in [0.717, 1.165) is 29.1 Å². The molecule has 0 unspecified atom stereocenters. The largest absolute Gasteiger partial charge is 0.350 e. The van der Waals surface area contributed by atoms with Gasteiger partial charge in [-0.05, 0) is 70.1 Å². The van der Waals surface area contributed by atoms with Crippen LogP contribution in [0.3, 0.4) is 0 Å². The van der Waals surface area contributed by atoms with E-state index < -0.39 is 0 Å². The third-order valence-corrected chi connectivity index (χ3v) is 7.83. The van der Waals surface area contributed by atoms with Crippen LogP contribution >= 0.6 is 11.8 Å². The van der Waals surface area contributed by atoms with Crippen LogP contribution in [0.15, 0.2) is 29.4 Å². The van der Waals surface area contributed by atoms with Crippen LogP contribution in [0.5, 0.6) is 0 Å². The number of aryl methyl sites for hydroxylation is 1. The van der Waals surface area contributed by atoms with E-state index in [9.17, 15) is 4.79 Å². The highest BCUT2D eigenvalue weighted by atomic mass is 32.2. The number of rotatable bonds is 5. The second kappa shape index (κ2) is 6.90. The molecule has 4 saturated carbocycles. The lowest BCUT2D eigenvalue weighted by Crippen LogP contribution is -2.60. The van der Waals surface area contributed by atoms with Gasteiger partial charge in [0.1, 0.15) is 0 Å². The first-order chi connectivity index (χ1) is 13.5. The summed E-state index contributed by atoms with van der Waals surface area (Å²) in [4.78, 5) is 17.5. The van der Waals surface area contributed by atoms with Crippen LogP contribution in [0.4, 0.5) is 0 Å². The first-order valence-electron chi connectivity index (χ1n) is 10.5. The van der Waals surface area contributed by atoms with E-state index in [4.69, 9.17) is 0 Å². The van der Waals surface area contributed by atoms with Gasteiger partial charge in [-0.1, -0.05) is 41.6 Å². The molecule has 0 aliphatic heterocycles. The summed E-state index contributed by atoms with van der Waals surface area (Å²) in [6.07, 6.45) is 7.70. The molecule has 4 fully saturated rings. The number of amides is 1. The number of H-pyrrole nitrogens is 1. The Kier molecular flexibility index (Phi) is 4.49. The Balaban J connectivity index is 1.23. The number of thioether (sulfide) groups is 1. The summed E-state index contributed by atoms with van der Waals surface area (Å²) >= 11 is 1.43. The van der Waals surface area contributed by atoms with Gasteiger partial charge in [0.15, 0.2) is 5.82 Å². The van der Waals surface area contributed by atoms with Crippen LogP contribution < -0.4 is 5.32 Å². The Morgan fingerprint density at radius 2 is 1.75 bits per heavy atom. The third kappa shape index (κ3) is 3.47. The second-order valence-electron chi connectivity index (χ2n) is 9.28. The minimum Gasteiger partial charge on any atom is -0.350 e. The highest BCUT2D eigenvalue weighted by Gasteiger charge is 2.51. The zero-order valence-corrected chi connectivity index (χ0v) is 17.4. The number of nitrogens with one attached hydrogen (secondary N) is 2. The molecule has 1 aromatic carbocycles. The summed E-state index contributed by atoms with van der Waals surface area (Å²) in [7, 11) is 0. The van der Waals surface area contributed by atoms with Crippen molar-refractivity contribution in [2.45, 2.75) is 68.3 Å². The quantitative estimate of drug-likeness (QED) is 0.737. The first kappa shape index (κ1) is 18.2. The van der Waals surface area contributed by atoms with E-state index in [1.807, 2.05) is 19.1 Å². The Morgan fingerprint density at radius 3 is 2.36 bits per heavy atom. The van der Waals surface area contributed by atoms with Crippen molar-refractivity contribution in [2.24, 2.45) is 17.8 Å². The second-order valence-corrected chi connectivity index (χ2v) is 10.6. The van der Waals surface area contributed by atoms with E-state index in [0.29, 0.717) is 5.16 Å². The van der Waals surface area contributed by atoms with Crippen LogP contribution in [0.1, 0.15) is 51.0 Å². The average Bonchev–Trinajstić information content (AvgIpc) is 3.09. The third-order valence-electron chi connectivity index (χ3n) is 6.87. The monoisotopic (exact) mass is 396 g/mol. The summed E-state index contributed by atoms with van der Waals surface area (Å²) in [6.45, 7) is 4.03. The van der Waals surface area contributed by atoms with Crippen molar-refractivity contribution in [1.29, 1.82) is 0 Å². The minimum atomic E-state index is -0.199. The number of hydrogen-bond acceptors (Lipinski definition) is 4. The number of aromatic amines is 1. The molecule has 148 valence electrons. The fourth-order valence-electron chi connectivity index (χ4n) is 5.98. The Labute approximate surface area is 170 Å². The summed E-state index contributed by atoms with van der Waals surface area (Å²) < 4.78 is 0. The van der Waals surface area contributed by atoms with Crippen molar-refractivity contribution in [2.75, 3.05) is 0 Å². The molecule has 5 nitrogen and oxygen atoms in total. The van der Waals surface area contributed by atoms with Crippen LogP contribution in [0.2, 0.25) is 0 Å². The number of carbonyl (C=O) groups is 1. The zero-order valence-electron chi connectivity index (χ0n) is 16.6. The smallest absolute Gasteiger partial charge is 0.233 e. The van der Waals surface area contributed by atoms with Gasteiger partial charge in [-0.15, -0.1) is 5.10 Å². The van der Waals surface area contributed by atoms with E-state index in [-0.39, 0.29) is 16.7 Å². The number of carbonyl (C=O) groups excluding carboxylic acids is 1.